The summed E-state index contributed by atoms with van der Waals surface area (Å²) in [6, 6.07) is 8.76. The first-order valence-electron chi connectivity index (χ1n) is 7.58. The van der Waals surface area contributed by atoms with E-state index in [4.69, 9.17) is 14.7 Å². The van der Waals surface area contributed by atoms with Crippen LogP contribution in [0.3, 0.4) is 0 Å². The fourth-order valence-corrected chi connectivity index (χ4v) is 2.43. The van der Waals surface area contributed by atoms with Crippen molar-refractivity contribution >= 4 is 5.91 Å². The monoisotopic (exact) mass is 324 g/mol. The Morgan fingerprint density at radius 3 is 3.12 bits per heavy atom. The van der Waals surface area contributed by atoms with Gasteiger partial charge in [-0.25, -0.2) is 4.98 Å². The molecular weight excluding hydrogens is 308 g/mol. The van der Waals surface area contributed by atoms with Crippen LogP contribution in [0.5, 0.6) is 11.6 Å². The van der Waals surface area contributed by atoms with Gasteiger partial charge in [0.25, 0.3) is 5.91 Å². The fraction of sp³-hybridized carbons (Fsp3) is 0.294. The van der Waals surface area contributed by atoms with Gasteiger partial charge in [-0.1, -0.05) is 0 Å². The number of ether oxygens (including phenoxy) is 2. The van der Waals surface area contributed by atoms with Crippen LogP contribution in [-0.2, 0) is 4.79 Å². The van der Waals surface area contributed by atoms with E-state index in [1.54, 1.807) is 41.6 Å². The number of hydrogen-bond donors (Lipinski definition) is 0. The van der Waals surface area contributed by atoms with Crippen LogP contribution in [0.25, 0.3) is 0 Å². The lowest BCUT2D eigenvalue weighted by atomic mass is 10.3. The summed E-state index contributed by atoms with van der Waals surface area (Å²) >= 11 is 0. The van der Waals surface area contributed by atoms with Crippen molar-refractivity contribution in [2.45, 2.75) is 12.5 Å². The lowest BCUT2D eigenvalue weighted by Crippen LogP contribution is -2.34. The van der Waals surface area contributed by atoms with Crippen molar-refractivity contribution in [1.82, 2.24) is 14.9 Å². The molecule has 1 aliphatic heterocycles. The zero-order valence-corrected chi connectivity index (χ0v) is 13.0. The quantitative estimate of drug-likeness (QED) is 0.826. The molecule has 7 nitrogen and oxygen atoms in total. The van der Waals surface area contributed by atoms with Gasteiger partial charge in [-0.3, -0.25) is 9.78 Å². The van der Waals surface area contributed by atoms with Crippen LogP contribution in [0.4, 0.5) is 0 Å². The second-order valence-corrected chi connectivity index (χ2v) is 5.34. The maximum Gasteiger partial charge on any atom is 0.260 e. The van der Waals surface area contributed by atoms with Gasteiger partial charge >= 0.3 is 0 Å². The molecule has 1 atom stereocenters. The van der Waals surface area contributed by atoms with E-state index >= 15 is 0 Å². The SMILES string of the molecule is N#Cc1ccnc(OC2CCN(C(=O)COc3cccnc3)C2)c1. The molecule has 0 bridgehead atoms. The lowest BCUT2D eigenvalue weighted by molar-refractivity contribution is -0.132. The molecule has 0 saturated carbocycles. The van der Waals surface area contributed by atoms with E-state index in [0.29, 0.717) is 30.3 Å². The minimum Gasteiger partial charge on any atom is -0.482 e. The third kappa shape index (κ3) is 3.98. The summed E-state index contributed by atoms with van der Waals surface area (Å²) < 4.78 is 11.2. The number of carbonyl (C=O) groups excluding carboxylic acids is 1. The van der Waals surface area contributed by atoms with Gasteiger partial charge in [0.2, 0.25) is 5.88 Å². The largest absolute Gasteiger partial charge is 0.482 e. The van der Waals surface area contributed by atoms with E-state index in [-0.39, 0.29) is 18.6 Å². The van der Waals surface area contributed by atoms with Crippen LogP contribution in [-0.4, -0.2) is 46.6 Å². The summed E-state index contributed by atoms with van der Waals surface area (Å²) in [5.41, 5.74) is 0.496. The Kier molecular flexibility index (Phi) is 4.87. The van der Waals surface area contributed by atoms with E-state index in [2.05, 4.69) is 9.97 Å². The number of aromatic nitrogens is 2. The Morgan fingerprint density at radius 1 is 1.42 bits per heavy atom. The average molecular weight is 324 g/mol. The van der Waals surface area contributed by atoms with Gasteiger partial charge in [-0.2, -0.15) is 5.26 Å². The van der Waals surface area contributed by atoms with E-state index < -0.39 is 0 Å². The van der Waals surface area contributed by atoms with Crippen LogP contribution in [0.2, 0.25) is 0 Å². The van der Waals surface area contributed by atoms with Crippen molar-refractivity contribution in [3.8, 4) is 17.7 Å². The van der Waals surface area contributed by atoms with Gasteiger partial charge in [0.1, 0.15) is 11.9 Å². The first-order chi connectivity index (χ1) is 11.7. The van der Waals surface area contributed by atoms with E-state index in [1.807, 2.05) is 6.07 Å². The van der Waals surface area contributed by atoms with Gasteiger partial charge in [0, 0.05) is 31.4 Å². The molecule has 2 aromatic rings. The molecule has 1 saturated heterocycles. The number of amides is 1. The van der Waals surface area contributed by atoms with E-state index in [9.17, 15) is 4.79 Å². The number of nitrogens with zero attached hydrogens (tertiary/aromatic N) is 4. The minimum absolute atomic E-state index is 0.0272. The first-order valence-corrected chi connectivity index (χ1v) is 7.58. The molecule has 0 spiro atoms. The highest BCUT2D eigenvalue weighted by Crippen LogP contribution is 2.17. The topological polar surface area (TPSA) is 88.3 Å². The van der Waals surface area contributed by atoms with Crippen molar-refractivity contribution in [3.05, 3.63) is 48.4 Å². The van der Waals surface area contributed by atoms with Crippen molar-refractivity contribution < 1.29 is 14.3 Å². The third-order valence-electron chi connectivity index (χ3n) is 3.65. The fourth-order valence-electron chi connectivity index (χ4n) is 2.43. The molecule has 7 heteroatoms. The Hall–Kier alpha value is -3.14. The summed E-state index contributed by atoms with van der Waals surface area (Å²) in [7, 11) is 0. The zero-order valence-electron chi connectivity index (χ0n) is 13.0. The van der Waals surface area contributed by atoms with Crippen LogP contribution in [0, 0.1) is 11.3 Å². The summed E-state index contributed by atoms with van der Waals surface area (Å²) in [4.78, 5) is 21.9. The predicted molar refractivity (Wildman–Crippen MR) is 84.3 cm³/mol. The Balaban J connectivity index is 1.49. The Labute approximate surface area is 139 Å². The average Bonchev–Trinajstić information content (AvgIpc) is 3.09. The molecule has 24 heavy (non-hydrogen) atoms. The van der Waals surface area contributed by atoms with Gasteiger partial charge in [-0.15, -0.1) is 0 Å². The standard InChI is InChI=1S/C17H16N4O3/c18-9-13-3-6-20-16(8-13)24-15-4-7-21(11-15)17(22)12-23-14-2-1-5-19-10-14/h1-3,5-6,8,10,15H,4,7,11-12H2. The molecule has 1 aliphatic rings. The van der Waals surface area contributed by atoms with Crippen LogP contribution >= 0.6 is 0 Å². The van der Waals surface area contributed by atoms with Crippen LogP contribution in [0.15, 0.2) is 42.9 Å². The van der Waals surface area contributed by atoms with Crippen molar-refractivity contribution in [2.24, 2.45) is 0 Å². The van der Waals surface area contributed by atoms with E-state index in [0.717, 1.165) is 6.42 Å². The molecule has 0 radical (unpaired) electrons. The normalized spacial score (nSPS) is 16.5. The molecule has 1 unspecified atom stereocenters. The zero-order chi connectivity index (χ0) is 16.8. The second-order valence-electron chi connectivity index (χ2n) is 5.34. The molecule has 0 N–H and O–H groups in total. The molecule has 0 aliphatic carbocycles. The third-order valence-corrected chi connectivity index (χ3v) is 3.65. The van der Waals surface area contributed by atoms with Gasteiger partial charge < -0.3 is 14.4 Å². The van der Waals surface area contributed by atoms with Crippen molar-refractivity contribution in [3.63, 3.8) is 0 Å². The summed E-state index contributed by atoms with van der Waals surface area (Å²) in [6.07, 6.45) is 5.34. The number of nitriles is 1. The maximum absolute atomic E-state index is 12.2. The smallest absolute Gasteiger partial charge is 0.260 e. The Bertz CT molecular complexity index is 745. The number of carbonyl (C=O) groups is 1. The van der Waals surface area contributed by atoms with Gasteiger partial charge in [0.15, 0.2) is 6.61 Å². The molecule has 1 amide bonds. The number of hydrogen-bond acceptors (Lipinski definition) is 6. The molecule has 3 heterocycles. The Morgan fingerprint density at radius 2 is 2.33 bits per heavy atom. The second kappa shape index (κ2) is 7.42. The van der Waals surface area contributed by atoms with Gasteiger partial charge in [-0.05, 0) is 18.2 Å². The molecule has 0 aromatic carbocycles. The highest BCUT2D eigenvalue weighted by atomic mass is 16.5. The highest BCUT2D eigenvalue weighted by molar-refractivity contribution is 5.78. The maximum atomic E-state index is 12.2. The van der Waals surface area contributed by atoms with Crippen molar-refractivity contribution in [2.75, 3.05) is 19.7 Å². The summed E-state index contributed by atoms with van der Waals surface area (Å²) in [5.74, 6) is 0.874. The molecular formula is C17H16N4O3. The highest BCUT2D eigenvalue weighted by Gasteiger charge is 2.28. The number of pyridine rings is 2. The number of likely N-dealkylation sites (tertiary alicyclic amines) is 1. The van der Waals surface area contributed by atoms with Crippen LogP contribution in [0.1, 0.15) is 12.0 Å². The van der Waals surface area contributed by atoms with Crippen molar-refractivity contribution in [1.29, 1.82) is 5.26 Å². The minimum atomic E-state index is -0.131. The summed E-state index contributed by atoms with van der Waals surface area (Å²) in [5, 5.41) is 8.89. The molecule has 122 valence electrons. The summed E-state index contributed by atoms with van der Waals surface area (Å²) in [6.45, 7) is 1.06. The number of rotatable bonds is 5. The first kappa shape index (κ1) is 15.7. The predicted octanol–water partition coefficient (Wildman–Crippen LogP) is 1.41. The van der Waals surface area contributed by atoms with E-state index in [1.165, 1.54) is 6.20 Å². The molecule has 1 fully saturated rings. The molecule has 3 rings (SSSR count). The van der Waals surface area contributed by atoms with Gasteiger partial charge in [0.05, 0.1) is 24.4 Å². The lowest BCUT2D eigenvalue weighted by Gasteiger charge is -2.17. The molecule has 2 aromatic heterocycles. The van der Waals surface area contributed by atoms with Crippen LogP contribution < -0.4 is 9.47 Å².